The molecule has 0 unspecified atom stereocenters. The van der Waals surface area contributed by atoms with Gasteiger partial charge in [-0.25, -0.2) is 0 Å². The van der Waals surface area contributed by atoms with Crippen molar-refractivity contribution in [3.8, 4) is 5.75 Å². The molecule has 0 aliphatic heterocycles. The van der Waals surface area contributed by atoms with Gasteiger partial charge in [-0.3, -0.25) is 9.59 Å². The number of benzene rings is 2. The van der Waals surface area contributed by atoms with E-state index in [1.54, 1.807) is 12.1 Å². The molecular formula is C23H27NO3. The average molecular weight is 365 g/mol. The predicted octanol–water partition coefficient (Wildman–Crippen LogP) is 3.77. The van der Waals surface area contributed by atoms with Crippen molar-refractivity contribution >= 4 is 11.7 Å². The molecule has 0 saturated heterocycles. The van der Waals surface area contributed by atoms with Crippen LogP contribution in [-0.2, 0) is 22.4 Å². The molecule has 1 aliphatic rings. The number of amides is 1. The van der Waals surface area contributed by atoms with Gasteiger partial charge >= 0.3 is 0 Å². The molecule has 2 aromatic rings. The highest BCUT2D eigenvalue weighted by atomic mass is 16.3. The maximum atomic E-state index is 12.4. The fourth-order valence-corrected chi connectivity index (χ4v) is 3.63. The van der Waals surface area contributed by atoms with Crippen LogP contribution in [0.5, 0.6) is 5.75 Å². The van der Waals surface area contributed by atoms with Crippen molar-refractivity contribution in [1.29, 1.82) is 0 Å². The van der Waals surface area contributed by atoms with E-state index in [2.05, 4.69) is 5.32 Å². The summed E-state index contributed by atoms with van der Waals surface area (Å²) < 4.78 is 0. The fraction of sp³-hybridized carbons (Fsp3) is 0.391. The van der Waals surface area contributed by atoms with Crippen LogP contribution in [-0.4, -0.2) is 23.3 Å². The van der Waals surface area contributed by atoms with Gasteiger partial charge < -0.3 is 10.4 Å². The number of aromatic hydroxyl groups is 1. The molecule has 0 bridgehead atoms. The van der Waals surface area contributed by atoms with Gasteiger partial charge in [0.05, 0.1) is 5.92 Å². The van der Waals surface area contributed by atoms with E-state index in [0.717, 1.165) is 43.2 Å². The lowest BCUT2D eigenvalue weighted by molar-refractivity contribution is -0.122. The summed E-state index contributed by atoms with van der Waals surface area (Å²) in [4.78, 5) is 24.2. The first-order chi connectivity index (χ1) is 13.0. The minimum absolute atomic E-state index is 0.00694. The van der Waals surface area contributed by atoms with E-state index in [0.29, 0.717) is 12.3 Å². The van der Waals surface area contributed by atoms with Crippen LogP contribution >= 0.6 is 0 Å². The van der Waals surface area contributed by atoms with Crippen LogP contribution in [0, 0.1) is 5.92 Å². The lowest BCUT2D eigenvalue weighted by atomic mass is 9.94. The van der Waals surface area contributed by atoms with Crippen molar-refractivity contribution in [2.24, 2.45) is 5.92 Å². The van der Waals surface area contributed by atoms with Crippen LogP contribution in [0.15, 0.2) is 48.5 Å². The lowest BCUT2D eigenvalue weighted by Crippen LogP contribution is -2.29. The number of carbonyl (C=O) groups excluding carboxylic acids is 2. The molecule has 0 heterocycles. The molecule has 142 valence electrons. The number of phenolic OH excluding ortho intramolecular Hbond substituents is 1. The molecule has 27 heavy (non-hydrogen) atoms. The normalized spacial score (nSPS) is 17.7. The maximum absolute atomic E-state index is 12.4. The number of hydrogen-bond donors (Lipinski definition) is 2. The number of hydrogen-bond acceptors (Lipinski definition) is 3. The molecule has 4 heteroatoms. The Bertz CT molecular complexity index is 780. The standard InChI is InChI=1S/C23H27NO3/c1-16(23(27)24-14-13-17-7-11-21(25)12-8-17)19-9-5-18(6-10-19)15-20-3-2-4-22(20)26/h5-12,16,20,25H,2-4,13-15H2,1H3,(H,24,27)/t16-,20-/m1/s1. The smallest absolute Gasteiger partial charge is 0.227 e. The third-order valence-electron chi connectivity index (χ3n) is 5.44. The van der Waals surface area contributed by atoms with Gasteiger partial charge in [0, 0.05) is 18.9 Å². The van der Waals surface area contributed by atoms with Gasteiger partial charge in [-0.15, -0.1) is 0 Å². The van der Waals surface area contributed by atoms with E-state index >= 15 is 0 Å². The lowest BCUT2D eigenvalue weighted by Gasteiger charge is -2.14. The summed E-state index contributed by atoms with van der Waals surface area (Å²) in [5.74, 6) is 0.605. The highest BCUT2D eigenvalue weighted by Gasteiger charge is 2.24. The summed E-state index contributed by atoms with van der Waals surface area (Å²) in [5.41, 5.74) is 3.23. The molecule has 1 amide bonds. The molecule has 0 spiro atoms. The van der Waals surface area contributed by atoms with Crippen molar-refractivity contribution in [3.05, 3.63) is 65.2 Å². The minimum Gasteiger partial charge on any atom is -0.508 e. The zero-order valence-corrected chi connectivity index (χ0v) is 15.8. The molecule has 4 nitrogen and oxygen atoms in total. The zero-order chi connectivity index (χ0) is 19.2. The largest absolute Gasteiger partial charge is 0.508 e. The molecule has 2 atom stereocenters. The summed E-state index contributed by atoms with van der Waals surface area (Å²) in [6.07, 6.45) is 4.28. The van der Waals surface area contributed by atoms with Crippen LogP contribution in [0.3, 0.4) is 0 Å². The van der Waals surface area contributed by atoms with Gasteiger partial charge in [-0.1, -0.05) is 36.4 Å². The number of nitrogens with one attached hydrogen (secondary N) is 1. The predicted molar refractivity (Wildman–Crippen MR) is 106 cm³/mol. The van der Waals surface area contributed by atoms with Crippen LogP contribution in [0.2, 0.25) is 0 Å². The van der Waals surface area contributed by atoms with Crippen molar-refractivity contribution in [1.82, 2.24) is 5.32 Å². The number of rotatable bonds is 7. The Kier molecular flexibility index (Phi) is 6.28. The summed E-state index contributed by atoms with van der Waals surface area (Å²) in [6, 6.07) is 15.1. The first-order valence-corrected chi connectivity index (χ1v) is 9.70. The van der Waals surface area contributed by atoms with Gasteiger partial charge in [-0.2, -0.15) is 0 Å². The summed E-state index contributed by atoms with van der Waals surface area (Å²) in [5, 5.41) is 12.3. The van der Waals surface area contributed by atoms with Crippen LogP contribution in [0.4, 0.5) is 0 Å². The number of phenols is 1. The minimum atomic E-state index is -0.216. The quantitative estimate of drug-likeness (QED) is 0.785. The third-order valence-corrected chi connectivity index (χ3v) is 5.44. The second-order valence-corrected chi connectivity index (χ2v) is 7.43. The van der Waals surface area contributed by atoms with E-state index in [1.807, 2.05) is 43.3 Å². The topological polar surface area (TPSA) is 66.4 Å². The molecular weight excluding hydrogens is 338 g/mol. The second kappa shape index (κ2) is 8.85. The first kappa shape index (κ1) is 19.2. The van der Waals surface area contributed by atoms with E-state index in [1.165, 1.54) is 5.56 Å². The number of ketones is 1. The van der Waals surface area contributed by atoms with Crippen LogP contribution in [0.25, 0.3) is 0 Å². The maximum Gasteiger partial charge on any atom is 0.227 e. The summed E-state index contributed by atoms with van der Waals surface area (Å²) in [6.45, 7) is 2.47. The van der Waals surface area contributed by atoms with Crippen molar-refractivity contribution < 1.29 is 14.7 Å². The Hall–Kier alpha value is -2.62. The molecule has 0 radical (unpaired) electrons. The highest BCUT2D eigenvalue weighted by molar-refractivity contribution is 5.83. The van der Waals surface area contributed by atoms with Gasteiger partial charge in [-0.05, 0) is 61.4 Å². The van der Waals surface area contributed by atoms with E-state index < -0.39 is 0 Å². The SMILES string of the molecule is C[C@@H](C(=O)NCCc1ccc(O)cc1)c1ccc(C[C@H]2CCCC2=O)cc1. The van der Waals surface area contributed by atoms with E-state index in [9.17, 15) is 14.7 Å². The number of Topliss-reactive ketones (excluding diaryl/α,β-unsaturated/α-hetero) is 1. The van der Waals surface area contributed by atoms with Crippen LogP contribution in [0.1, 0.15) is 48.8 Å². The molecule has 1 fully saturated rings. The van der Waals surface area contributed by atoms with Gasteiger partial charge in [0.15, 0.2) is 0 Å². The Morgan fingerprint density at radius 2 is 1.78 bits per heavy atom. The van der Waals surface area contributed by atoms with Gasteiger partial charge in [0.25, 0.3) is 0 Å². The Morgan fingerprint density at radius 3 is 2.41 bits per heavy atom. The molecule has 3 rings (SSSR count). The van der Waals surface area contributed by atoms with Crippen molar-refractivity contribution in [2.75, 3.05) is 6.54 Å². The molecule has 1 saturated carbocycles. The molecule has 0 aromatic heterocycles. The Morgan fingerprint density at radius 1 is 1.11 bits per heavy atom. The third kappa shape index (κ3) is 5.19. The molecule has 2 N–H and O–H groups in total. The Balaban J connectivity index is 1.48. The van der Waals surface area contributed by atoms with Crippen molar-refractivity contribution in [2.45, 2.75) is 44.9 Å². The van der Waals surface area contributed by atoms with E-state index in [4.69, 9.17) is 0 Å². The first-order valence-electron chi connectivity index (χ1n) is 9.70. The van der Waals surface area contributed by atoms with Crippen LogP contribution < -0.4 is 5.32 Å². The van der Waals surface area contributed by atoms with Gasteiger partial charge in [0.1, 0.15) is 11.5 Å². The molecule has 2 aromatic carbocycles. The fourth-order valence-electron chi connectivity index (χ4n) is 3.63. The average Bonchev–Trinajstić information content (AvgIpc) is 3.08. The number of carbonyl (C=O) groups is 2. The summed E-state index contributed by atoms with van der Waals surface area (Å²) >= 11 is 0. The van der Waals surface area contributed by atoms with Crippen molar-refractivity contribution in [3.63, 3.8) is 0 Å². The van der Waals surface area contributed by atoms with E-state index in [-0.39, 0.29) is 23.5 Å². The zero-order valence-electron chi connectivity index (χ0n) is 15.8. The second-order valence-electron chi connectivity index (χ2n) is 7.43. The monoisotopic (exact) mass is 365 g/mol. The van der Waals surface area contributed by atoms with Gasteiger partial charge in [0.2, 0.25) is 5.91 Å². The molecule has 1 aliphatic carbocycles. The summed E-state index contributed by atoms with van der Waals surface area (Å²) in [7, 11) is 0. The highest BCUT2D eigenvalue weighted by Crippen LogP contribution is 2.26. The Labute approximate surface area is 160 Å².